The topological polar surface area (TPSA) is 127 Å². The van der Waals surface area contributed by atoms with E-state index < -0.39 is 5.69 Å². The van der Waals surface area contributed by atoms with Crippen molar-refractivity contribution < 1.29 is 4.79 Å². The number of anilines is 1. The molecule has 1 amide bonds. The van der Waals surface area contributed by atoms with Crippen LogP contribution in [0.3, 0.4) is 0 Å². The molecule has 1 aromatic carbocycles. The Kier molecular flexibility index (Phi) is 5.31. The summed E-state index contributed by atoms with van der Waals surface area (Å²) in [4.78, 5) is 43.1. The van der Waals surface area contributed by atoms with Gasteiger partial charge in [-0.3, -0.25) is 24.0 Å². The van der Waals surface area contributed by atoms with E-state index in [1.807, 2.05) is 53.6 Å². The molecule has 0 fully saturated rings. The molecule has 9 heteroatoms. The molecule has 9 nitrogen and oxygen atoms in total. The lowest BCUT2D eigenvalue weighted by atomic mass is 10.1. The van der Waals surface area contributed by atoms with Gasteiger partial charge in [-0.25, -0.2) is 4.79 Å². The van der Waals surface area contributed by atoms with Crippen LogP contribution in [0.2, 0.25) is 0 Å². The lowest BCUT2D eigenvalue weighted by molar-refractivity contribution is -0.117. The van der Waals surface area contributed by atoms with Gasteiger partial charge >= 0.3 is 5.69 Å². The van der Waals surface area contributed by atoms with Gasteiger partial charge in [0.15, 0.2) is 0 Å². The van der Waals surface area contributed by atoms with Crippen molar-refractivity contribution in [2.45, 2.75) is 26.8 Å². The summed E-state index contributed by atoms with van der Waals surface area (Å²) >= 11 is 0. The minimum absolute atomic E-state index is 0.0667. The Hall–Kier alpha value is -3.90. The van der Waals surface area contributed by atoms with E-state index in [2.05, 4.69) is 21.4 Å². The maximum Gasteiger partial charge on any atom is 0.325 e. The van der Waals surface area contributed by atoms with Gasteiger partial charge in [0.2, 0.25) is 5.91 Å². The summed E-state index contributed by atoms with van der Waals surface area (Å²) in [6.45, 7) is 4.65. The standard InChI is InChI=1S/C22H22N6O3/c1-13-14(2)28(15-6-4-3-5-7-15)20(17(13)10-23)25-19(29)12-27-9-8-16-18(11-27)24-22(31)26-21(16)30/h3-7H,8-9,11-12H2,1-2H3,(H,25,29)(H2,24,26,30,31). The number of aromatic amines is 2. The van der Waals surface area contributed by atoms with Crippen LogP contribution in [0.25, 0.3) is 5.69 Å². The van der Waals surface area contributed by atoms with Gasteiger partial charge in [0, 0.05) is 35.7 Å². The Morgan fingerprint density at radius 2 is 1.94 bits per heavy atom. The maximum atomic E-state index is 12.9. The molecule has 0 saturated carbocycles. The Balaban J connectivity index is 1.58. The lowest BCUT2D eigenvalue weighted by Gasteiger charge is -2.27. The highest BCUT2D eigenvalue weighted by Gasteiger charge is 2.24. The number of hydrogen-bond donors (Lipinski definition) is 3. The molecule has 4 rings (SSSR count). The summed E-state index contributed by atoms with van der Waals surface area (Å²) in [6, 6.07) is 11.7. The molecule has 1 aliphatic heterocycles. The average Bonchev–Trinajstić information content (AvgIpc) is 2.97. The second kappa shape index (κ2) is 8.08. The molecular formula is C22H22N6O3. The molecule has 0 spiro atoms. The number of nitrogens with one attached hydrogen (secondary N) is 3. The molecule has 2 aromatic heterocycles. The number of nitrogens with zero attached hydrogens (tertiary/aromatic N) is 3. The number of H-pyrrole nitrogens is 2. The molecule has 0 unspecified atom stereocenters. The maximum absolute atomic E-state index is 12.9. The first-order valence-corrected chi connectivity index (χ1v) is 9.93. The van der Waals surface area contributed by atoms with Gasteiger partial charge in [0.25, 0.3) is 5.56 Å². The molecule has 31 heavy (non-hydrogen) atoms. The summed E-state index contributed by atoms with van der Waals surface area (Å²) in [6.07, 6.45) is 0.441. The molecule has 0 atom stereocenters. The van der Waals surface area contributed by atoms with Gasteiger partial charge < -0.3 is 10.3 Å². The van der Waals surface area contributed by atoms with Gasteiger partial charge in [-0.2, -0.15) is 5.26 Å². The van der Waals surface area contributed by atoms with Gasteiger partial charge in [0.05, 0.1) is 12.1 Å². The van der Waals surface area contributed by atoms with E-state index in [0.29, 0.717) is 42.1 Å². The van der Waals surface area contributed by atoms with E-state index in [4.69, 9.17) is 0 Å². The van der Waals surface area contributed by atoms with E-state index in [0.717, 1.165) is 16.9 Å². The minimum Gasteiger partial charge on any atom is -0.310 e. The van der Waals surface area contributed by atoms with Gasteiger partial charge in [0.1, 0.15) is 11.9 Å². The minimum atomic E-state index is -0.555. The van der Waals surface area contributed by atoms with Crippen LogP contribution < -0.4 is 16.6 Å². The Bertz CT molecular complexity index is 1310. The highest BCUT2D eigenvalue weighted by atomic mass is 16.2. The van der Waals surface area contributed by atoms with Crippen molar-refractivity contribution in [3.8, 4) is 11.8 Å². The fraction of sp³-hybridized carbons (Fsp3) is 0.273. The number of aromatic nitrogens is 3. The van der Waals surface area contributed by atoms with Crippen LogP contribution in [-0.4, -0.2) is 38.4 Å². The van der Waals surface area contributed by atoms with E-state index >= 15 is 0 Å². The highest BCUT2D eigenvalue weighted by molar-refractivity contribution is 5.93. The van der Waals surface area contributed by atoms with Gasteiger partial charge in [-0.1, -0.05) is 18.2 Å². The predicted molar refractivity (Wildman–Crippen MR) is 115 cm³/mol. The Morgan fingerprint density at radius 3 is 2.65 bits per heavy atom. The molecular weight excluding hydrogens is 396 g/mol. The third-order valence-corrected chi connectivity index (χ3v) is 5.65. The summed E-state index contributed by atoms with van der Waals surface area (Å²) < 4.78 is 1.87. The number of carbonyl (C=O) groups is 1. The number of rotatable bonds is 4. The normalized spacial score (nSPS) is 13.5. The van der Waals surface area contributed by atoms with E-state index in [-0.39, 0.29) is 18.0 Å². The number of para-hydroxylation sites is 1. The number of benzene rings is 1. The molecule has 0 aliphatic carbocycles. The molecule has 0 radical (unpaired) electrons. The summed E-state index contributed by atoms with van der Waals surface area (Å²) in [5.41, 5.74) is 3.11. The zero-order valence-corrected chi connectivity index (χ0v) is 17.3. The predicted octanol–water partition coefficient (Wildman–Crippen LogP) is 1.34. The fourth-order valence-corrected chi connectivity index (χ4v) is 4.00. The smallest absolute Gasteiger partial charge is 0.310 e. The van der Waals surface area contributed by atoms with Crippen molar-refractivity contribution in [1.82, 2.24) is 19.4 Å². The second-order valence-corrected chi connectivity index (χ2v) is 7.59. The Morgan fingerprint density at radius 1 is 1.19 bits per heavy atom. The Labute approximate surface area is 178 Å². The lowest BCUT2D eigenvalue weighted by Crippen LogP contribution is -2.41. The van der Waals surface area contributed by atoms with Crippen molar-refractivity contribution in [3.63, 3.8) is 0 Å². The average molecular weight is 418 g/mol. The van der Waals surface area contributed by atoms with Crippen LogP contribution in [0.15, 0.2) is 39.9 Å². The number of carbonyl (C=O) groups excluding carboxylic acids is 1. The van der Waals surface area contributed by atoms with Crippen molar-refractivity contribution in [2.75, 3.05) is 18.4 Å². The first kappa shape index (κ1) is 20.4. The quantitative estimate of drug-likeness (QED) is 0.589. The third-order valence-electron chi connectivity index (χ3n) is 5.65. The number of amides is 1. The van der Waals surface area contributed by atoms with Crippen LogP contribution in [-0.2, 0) is 17.8 Å². The van der Waals surface area contributed by atoms with E-state index in [1.165, 1.54) is 0 Å². The second-order valence-electron chi connectivity index (χ2n) is 7.59. The summed E-state index contributed by atoms with van der Waals surface area (Å²) in [5, 5.41) is 12.6. The molecule has 3 N–H and O–H groups in total. The third kappa shape index (κ3) is 3.81. The van der Waals surface area contributed by atoms with Crippen molar-refractivity contribution >= 4 is 11.7 Å². The van der Waals surface area contributed by atoms with E-state index in [1.54, 1.807) is 0 Å². The van der Waals surface area contributed by atoms with Gasteiger partial charge in [-0.15, -0.1) is 0 Å². The largest absolute Gasteiger partial charge is 0.325 e. The van der Waals surface area contributed by atoms with Crippen LogP contribution in [0, 0.1) is 25.2 Å². The monoisotopic (exact) mass is 418 g/mol. The molecule has 3 heterocycles. The van der Waals surface area contributed by atoms with Gasteiger partial charge in [-0.05, 0) is 38.0 Å². The fourth-order valence-electron chi connectivity index (χ4n) is 4.00. The van der Waals surface area contributed by atoms with Crippen LogP contribution in [0.1, 0.15) is 28.1 Å². The van der Waals surface area contributed by atoms with Crippen LogP contribution in [0.5, 0.6) is 0 Å². The summed E-state index contributed by atoms with van der Waals surface area (Å²) in [7, 11) is 0. The molecule has 3 aromatic rings. The first-order valence-electron chi connectivity index (χ1n) is 9.93. The highest BCUT2D eigenvalue weighted by Crippen LogP contribution is 2.30. The number of hydrogen-bond acceptors (Lipinski definition) is 5. The number of nitriles is 1. The molecule has 158 valence electrons. The number of fused-ring (bicyclic) bond motifs is 1. The first-order chi connectivity index (χ1) is 14.9. The zero-order chi connectivity index (χ0) is 22.1. The zero-order valence-electron chi connectivity index (χ0n) is 17.3. The molecule has 0 saturated heterocycles. The molecule has 1 aliphatic rings. The van der Waals surface area contributed by atoms with Crippen molar-refractivity contribution in [2.24, 2.45) is 0 Å². The van der Waals surface area contributed by atoms with Crippen molar-refractivity contribution in [3.05, 3.63) is 79.2 Å². The molecule has 0 bridgehead atoms. The summed E-state index contributed by atoms with van der Waals surface area (Å²) in [5.74, 6) is 0.165. The van der Waals surface area contributed by atoms with Crippen molar-refractivity contribution in [1.29, 1.82) is 5.26 Å². The van der Waals surface area contributed by atoms with Crippen LogP contribution in [0.4, 0.5) is 5.82 Å². The van der Waals surface area contributed by atoms with Crippen LogP contribution >= 0.6 is 0 Å². The SMILES string of the molecule is Cc1c(C#N)c(NC(=O)CN2CCc3c([nH]c(=O)[nH]c3=O)C2)n(-c2ccccc2)c1C. The van der Waals surface area contributed by atoms with E-state index in [9.17, 15) is 19.6 Å².